The lowest BCUT2D eigenvalue weighted by molar-refractivity contribution is -0.121. The number of nitrogens with one attached hydrogen (secondary N) is 1. The third kappa shape index (κ3) is 3.97. The van der Waals surface area contributed by atoms with Crippen LogP contribution in [0.5, 0.6) is 0 Å². The lowest BCUT2D eigenvalue weighted by Crippen LogP contribution is -2.25. The summed E-state index contributed by atoms with van der Waals surface area (Å²) in [5.74, 6) is 1.43. The third-order valence-corrected chi connectivity index (χ3v) is 4.50. The second kappa shape index (κ2) is 6.93. The number of benzene rings is 1. The van der Waals surface area contributed by atoms with Crippen LogP contribution in [-0.4, -0.2) is 16.9 Å². The summed E-state index contributed by atoms with van der Waals surface area (Å²) in [4.78, 5) is 16.3. The molecule has 3 aromatic rings. The smallest absolute Gasteiger partial charge is 0.220 e. The molecule has 2 aromatic heterocycles. The van der Waals surface area contributed by atoms with E-state index in [0.29, 0.717) is 25.1 Å². The standard InChI is InChI=1S/C17H19N3O2S/c1-11(18)6-9-16(21)19-10-12-7-8-14(22-12)17-20-13-4-2-3-5-15(13)23-17/h2-5,7-8,11H,6,9-10,18H2,1H3,(H,19,21). The molecule has 0 aliphatic heterocycles. The predicted octanol–water partition coefficient (Wildman–Crippen LogP) is 3.30. The lowest BCUT2D eigenvalue weighted by Gasteiger charge is -2.05. The zero-order valence-corrected chi connectivity index (χ0v) is 13.7. The summed E-state index contributed by atoms with van der Waals surface area (Å²) in [7, 11) is 0. The number of aromatic nitrogens is 1. The van der Waals surface area contributed by atoms with E-state index in [1.165, 1.54) is 0 Å². The van der Waals surface area contributed by atoms with E-state index in [-0.39, 0.29) is 11.9 Å². The second-order valence-corrected chi connectivity index (χ2v) is 6.58. The van der Waals surface area contributed by atoms with Crippen molar-refractivity contribution in [2.75, 3.05) is 0 Å². The first-order chi connectivity index (χ1) is 11.1. The maximum atomic E-state index is 11.7. The molecular formula is C17H19N3O2S. The van der Waals surface area contributed by atoms with Gasteiger partial charge in [-0.3, -0.25) is 4.79 Å². The monoisotopic (exact) mass is 329 g/mol. The Morgan fingerprint density at radius 1 is 1.35 bits per heavy atom. The number of para-hydroxylation sites is 1. The molecule has 6 heteroatoms. The van der Waals surface area contributed by atoms with Gasteiger partial charge in [-0.25, -0.2) is 4.98 Å². The minimum Gasteiger partial charge on any atom is -0.457 e. The van der Waals surface area contributed by atoms with Gasteiger partial charge in [0.1, 0.15) is 5.76 Å². The van der Waals surface area contributed by atoms with Gasteiger partial charge in [0.15, 0.2) is 10.8 Å². The molecule has 0 bridgehead atoms. The minimum atomic E-state index is -0.0137. The normalized spacial score (nSPS) is 12.4. The molecular weight excluding hydrogens is 310 g/mol. The van der Waals surface area contributed by atoms with E-state index in [2.05, 4.69) is 10.3 Å². The van der Waals surface area contributed by atoms with Crippen LogP contribution in [-0.2, 0) is 11.3 Å². The van der Waals surface area contributed by atoms with E-state index in [4.69, 9.17) is 10.2 Å². The average Bonchev–Trinajstić information content (AvgIpc) is 3.16. The van der Waals surface area contributed by atoms with E-state index in [1.54, 1.807) is 11.3 Å². The number of rotatable bonds is 6. The van der Waals surface area contributed by atoms with E-state index in [1.807, 2.05) is 43.3 Å². The first kappa shape index (κ1) is 15.7. The molecule has 0 saturated heterocycles. The van der Waals surface area contributed by atoms with Crippen LogP contribution in [0.25, 0.3) is 21.0 Å². The Morgan fingerprint density at radius 3 is 2.96 bits per heavy atom. The molecule has 3 N–H and O–H groups in total. The summed E-state index contributed by atoms with van der Waals surface area (Å²) in [6, 6.07) is 11.8. The second-order valence-electron chi connectivity index (χ2n) is 5.55. The molecule has 1 amide bonds. The summed E-state index contributed by atoms with van der Waals surface area (Å²) in [5, 5.41) is 3.69. The number of hydrogen-bond acceptors (Lipinski definition) is 5. The van der Waals surface area contributed by atoms with Crippen molar-refractivity contribution >= 4 is 27.5 Å². The maximum absolute atomic E-state index is 11.7. The molecule has 0 aliphatic carbocycles. The number of amides is 1. The highest BCUT2D eigenvalue weighted by Crippen LogP contribution is 2.31. The molecule has 1 aromatic carbocycles. The molecule has 0 spiro atoms. The number of hydrogen-bond donors (Lipinski definition) is 2. The number of furan rings is 1. The largest absolute Gasteiger partial charge is 0.457 e. The van der Waals surface area contributed by atoms with Crippen molar-refractivity contribution in [1.82, 2.24) is 10.3 Å². The average molecular weight is 329 g/mol. The first-order valence-electron chi connectivity index (χ1n) is 7.59. The van der Waals surface area contributed by atoms with Crippen LogP contribution in [0.2, 0.25) is 0 Å². The highest BCUT2D eigenvalue weighted by atomic mass is 32.1. The number of fused-ring (bicyclic) bond motifs is 1. The molecule has 23 heavy (non-hydrogen) atoms. The maximum Gasteiger partial charge on any atom is 0.220 e. The molecule has 0 fully saturated rings. The van der Waals surface area contributed by atoms with Crippen molar-refractivity contribution < 1.29 is 9.21 Å². The number of carbonyl (C=O) groups is 1. The summed E-state index contributed by atoms with van der Waals surface area (Å²) in [5.41, 5.74) is 6.61. The summed E-state index contributed by atoms with van der Waals surface area (Å²) < 4.78 is 6.91. The SMILES string of the molecule is CC(N)CCC(=O)NCc1ccc(-c2nc3ccccc3s2)o1. The van der Waals surface area contributed by atoms with Gasteiger partial charge in [0.2, 0.25) is 5.91 Å². The molecule has 120 valence electrons. The first-order valence-corrected chi connectivity index (χ1v) is 8.40. The molecule has 5 nitrogen and oxygen atoms in total. The summed E-state index contributed by atoms with van der Waals surface area (Å²) >= 11 is 1.59. The fourth-order valence-corrected chi connectivity index (χ4v) is 3.13. The van der Waals surface area contributed by atoms with Crippen LogP contribution in [0.15, 0.2) is 40.8 Å². The fraction of sp³-hybridized carbons (Fsp3) is 0.294. The van der Waals surface area contributed by atoms with Crippen LogP contribution >= 0.6 is 11.3 Å². The molecule has 0 saturated carbocycles. The van der Waals surface area contributed by atoms with Crippen LogP contribution in [0.4, 0.5) is 0 Å². The number of nitrogens with zero attached hydrogens (tertiary/aromatic N) is 1. The Hall–Kier alpha value is -2.18. The van der Waals surface area contributed by atoms with Gasteiger partial charge in [-0.2, -0.15) is 0 Å². The molecule has 3 rings (SSSR count). The molecule has 1 unspecified atom stereocenters. The highest BCUT2D eigenvalue weighted by molar-refractivity contribution is 7.21. The van der Waals surface area contributed by atoms with E-state index >= 15 is 0 Å². The molecule has 0 radical (unpaired) electrons. The molecule has 2 heterocycles. The van der Waals surface area contributed by atoms with Crippen LogP contribution in [0.3, 0.4) is 0 Å². The summed E-state index contributed by atoms with van der Waals surface area (Å²) in [6.45, 7) is 2.27. The van der Waals surface area contributed by atoms with Gasteiger partial charge in [-0.15, -0.1) is 11.3 Å². The number of nitrogens with two attached hydrogens (primary N) is 1. The Kier molecular flexibility index (Phi) is 4.73. The highest BCUT2D eigenvalue weighted by Gasteiger charge is 2.11. The van der Waals surface area contributed by atoms with E-state index in [9.17, 15) is 4.79 Å². The van der Waals surface area contributed by atoms with Gasteiger partial charge < -0.3 is 15.5 Å². The van der Waals surface area contributed by atoms with Crippen LogP contribution in [0.1, 0.15) is 25.5 Å². The van der Waals surface area contributed by atoms with Gasteiger partial charge in [0, 0.05) is 12.5 Å². The fourth-order valence-electron chi connectivity index (χ4n) is 2.20. The Balaban J connectivity index is 1.62. The van der Waals surface area contributed by atoms with Crippen LogP contribution < -0.4 is 11.1 Å². The van der Waals surface area contributed by atoms with Gasteiger partial charge >= 0.3 is 0 Å². The Bertz CT molecular complexity index is 774. The van der Waals surface area contributed by atoms with Crippen molar-refractivity contribution in [3.8, 4) is 10.8 Å². The van der Waals surface area contributed by atoms with E-state index in [0.717, 1.165) is 21.0 Å². The topological polar surface area (TPSA) is 81.2 Å². The van der Waals surface area contributed by atoms with E-state index < -0.39 is 0 Å². The summed E-state index contributed by atoms with van der Waals surface area (Å²) in [6.07, 6.45) is 1.12. The zero-order valence-electron chi connectivity index (χ0n) is 12.9. The van der Waals surface area contributed by atoms with Crippen molar-refractivity contribution in [2.24, 2.45) is 5.73 Å². The number of carbonyl (C=O) groups excluding carboxylic acids is 1. The Labute approximate surface area is 138 Å². The Morgan fingerprint density at radius 2 is 2.17 bits per heavy atom. The predicted molar refractivity (Wildman–Crippen MR) is 92.1 cm³/mol. The van der Waals surface area contributed by atoms with Crippen molar-refractivity contribution in [3.63, 3.8) is 0 Å². The van der Waals surface area contributed by atoms with Gasteiger partial charge in [0.05, 0.1) is 16.8 Å². The third-order valence-electron chi connectivity index (χ3n) is 3.45. The van der Waals surface area contributed by atoms with Crippen molar-refractivity contribution in [2.45, 2.75) is 32.4 Å². The van der Waals surface area contributed by atoms with Gasteiger partial charge in [-0.1, -0.05) is 12.1 Å². The van der Waals surface area contributed by atoms with Gasteiger partial charge in [0.25, 0.3) is 0 Å². The quantitative estimate of drug-likeness (QED) is 0.727. The molecule has 1 atom stereocenters. The van der Waals surface area contributed by atoms with Crippen molar-refractivity contribution in [3.05, 3.63) is 42.2 Å². The lowest BCUT2D eigenvalue weighted by atomic mass is 10.2. The van der Waals surface area contributed by atoms with Crippen molar-refractivity contribution in [1.29, 1.82) is 0 Å². The zero-order chi connectivity index (χ0) is 16.2. The van der Waals surface area contributed by atoms with Gasteiger partial charge in [-0.05, 0) is 37.6 Å². The minimum absolute atomic E-state index is 0.0137. The molecule has 0 aliphatic rings. The number of thiazole rings is 1. The van der Waals surface area contributed by atoms with Crippen LogP contribution in [0, 0.1) is 0 Å².